The van der Waals surface area contributed by atoms with Crippen LogP contribution in [0.2, 0.25) is 0 Å². The molecule has 24 heavy (non-hydrogen) atoms. The molecule has 1 aliphatic rings. The van der Waals surface area contributed by atoms with Gasteiger partial charge < -0.3 is 9.47 Å². The Morgan fingerprint density at radius 2 is 1.92 bits per heavy atom. The van der Waals surface area contributed by atoms with Gasteiger partial charge in [0.25, 0.3) is 15.6 Å². The summed E-state index contributed by atoms with van der Waals surface area (Å²) in [6.07, 6.45) is 3.00. The maximum absolute atomic E-state index is 13.4. The van der Waals surface area contributed by atoms with Gasteiger partial charge in [0.2, 0.25) is 16.9 Å². The summed E-state index contributed by atoms with van der Waals surface area (Å²) in [6, 6.07) is 0. The van der Waals surface area contributed by atoms with E-state index in [0.29, 0.717) is 13.1 Å². The van der Waals surface area contributed by atoms with Crippen LogP contribution in [0.15, 0.2) is 22.3 Å². The topological polar surface area (TPSA) is 104 Å². The fourth-order valence-electron chi connectivity index (χ4n) is 2.56. The second-order valence-corrected chi connectivity index (χ2v) is 7.33. The number of imidazole rings is 1. The van der Waals surface area contributed by atoms with E-state index in [0.717, 1.165) is 0 Å². The summed E-state index contributed by atoms with van der Waals surface area (Å²) in [7, 11) is -2.05. The van der Waals surface area contributed by atoms with E-state index in [-0.39, 0.29) is 29.9 Å². The largest absolute Gasteiger partial charge is 0.340 e. The number of piperazine rings is 1. The van der Waals surface area contributed by atoms with Gasteiger partial charge in [0.15, 0.2) is 0 Å². The lowest BCUT2D eigenvalue weighted by Crippen LogP contribution is -2.50. The average molecular weight is 356 g/mol. The van der Waals surface area contributed by atoms with Crippen molar-refractivity contribution in [1.82, 2.24) is 23.8 Å². The van der Waals surface area contributed by atoms with E-state index in [4.69, 9.17) is 0 Å². The van der Waals surface area contributed by atoms with Gasteiger partial charge >= 0.3 is 0 Å². The Morgan fingerprint density at radius 1 is 1.25 bits per heavy atom. The van der Waals surface area contributed by atoms with E-state index in [1.165, 1.54) is 22.0 Å². The first-order chi connectivity index (χ1) is 11.3. The Balaban J connectivity index is 1.77. The number of hydrogen-bond acceptors (Lipinski definition) is 6. The molecule has 11 heteroatoms. The molecule has 0 spiro atoms. The van der Waals surface area contributed by atoms with Gasteiger partial charge in [-0.25, -0.2) is 18.4 Å². The van der Waals surface area contributed by atoms with Crippen LogP contribution < -0.4 is 10.5 Å². The lowest BCUT2D eigenvalue weighted by Gasteiger charge is -2.33. The maximum Gasteiger partial charge on any atom is 0.288 e. The number of H-pyrrole nitrogens is 1. The Bertz CT molecular complexity index is 914. The monoisotopic (exact) mass is 356 g/mol. The van der Waals surface area contributed by atoms with E-state index in [9.17, 15) is 17.6 Å². The number of aromatic amines is 1. The molecule has 2 aromatic rings. The highest BCUT2D eigenvalue weighted by Gasteiger charge is 2.32. The quantitative estimate of drug-likeness (QED) is 0.792. The average Bonchev–Trinajstić information content (AvgIpc) is 2.99. The molecular formula is C13H17FN6O3S. The van der Waals surface area contributed by atoms with Gasteiger partial charge in [-0.1, -0.05) is 0 Å². The van der Waals surface area contributed by atoms with Crippen molar-refractivity contribution in [3.8, 4) is 0 Å². The summed E-state index contributed by atoms with van der Waals surface area (Å²) >= 11 is 0. The molecule has 0 aromatic carbocycles. The van der Waals surface area contributed by atoms with E-state index in [1.807, 2.05) is 0 Å². The molecule has 1 fully saturated rings. The van der Waals surface area contributed by atoms with Crippen LogP contribution in [0.1, 0.15) is 5.69 Å². The Kier molecular flexibility index (Phi) is 4.13. The zero-order chi connectivity index (χ0) is 17.5. The molecule has 0 atom stereocenters. The first kappa shape index (κ1) is 16.6. The maximum atomic E-state index is 13.4. The molecule has 1 aliphatic heterocycles. The molecule has 0 amide bonds. The molecule has 0 radical (unpaired) electrons. The summed E-state index contributed by atoms with van der Waals surface area (Å²) in [5.74, 6) is -0.664. The molecule has 3 heterocycles. The minimum absolute atomic E-state index is 0.0109. The molecule has 1 saturated heterocycles. The number of rotatable bonds is 3. The van der Waals surface area contributed by atoms with Crippen LogP contribution in [0.3, 0.4) is 0 Å². The SMILES string of the molecule is Cc1nc(N2CCN(S(=O)(=O)c3nccn3C)CC2)[nH]c(=O)c1F. The molecule has 130 valence electrons. The highest BCUT2D eigenvalue weighted by molar-refractivity contribution is 7.89. The molecule has 0 saturated carbocycles. The molecule has 0 bridgehead atoms. The van der Waals surface area contributed by atoms with Crippen LogP contribution in [0.25, 0.3) is 0 Å². The van der Waals surface area contributed by atoms with Crippen LogP contribution in [0, 0.1) is 12.7 Å². The number of nitrogens with one attached hydrogen (secondary N) is 1. The zero-order valence-electron chi connectivity index (χ0n) is 13.2. The second kappa shape index (κ2) is 5.98. The van der Waals surface area contributed by atoms with Crippen molar-refractivity contribution in [2.45, 2.75) is 12.1 Å². The van der Waals surface area contributed by atoms with Crippen molar-refractivity contribution in [2.24, 2.45) is 7.05 Å². The minimum atomic E-state index is -3.67. The Labute approximate surface area is 137 Å². The van der Waals surface area contributed by atoms with Crippen LogP contribution in [-0.2, 0) is 17.1 Å². The number of sulfonamides is 1. The van der Waals surface area contributed by atoms with Crippen LogP contribution >= 0.6 is 0 Å². The molecule has 1 N–H and O–H groups in total. The van der Waals surface area contributed by atoms with Crippen molar-refractivity contribution in [1.29, 1.82) is 0 Å². The predicted octanol–water partition coefficient (Wildman–Crippen LogP) is -0.538. The van der Waals surface area contributed by atoms with Crippen molar-refractivity contribution >= 4 is 16.0 Å². The number of nitrogens with zero attached hydrogens (tertiary/aromatic N) is 5. The van der Waals surface area contributed by atoms with E-state index in [1.54, 1.807) is 18.1 Å². The van der Waals surface area contributed by atoms with Gasteiger partial charge in [0.05, 0.1) is 5.69 Å². The second-order valence-electron chi connectivity index (χ2n) is 5.50. The summed E-state index contributed by atoms with van der Waals surface area (Å²) in [5, 5.41) is -0.0138. The zero-order valence-corrected chi connectivity index (χ0v) is 14.0. The summed E-state index contributed by atoms with van der Waals surface area (Å²) in [6.45, 7) is 2.51. The first-order valence-corrected chi connectivity index (χ1v) is 8.73. The number of hydrogen-bond donors (Lipinski definition) is 1. The minimum Gasteiger partial charge on any atom is -0.340 e. The van der Waals surface area contributed by atoms with E-state index in [2.05, 4.69) is 15.0 Å². The number of aromatic nitrogens is 4. The molecular weight excluding hydrogens is 339 g/mol. The van der Waals surface area contributed by atoms with Crippen molar-refractivity contribution in [2.75, 3.05) is 31.1 Å². The van der Waals surface area contributed by atoms with Crippen LogP contribution in [0.4, 0.5) is 10.3 Å². The third-order valence-corrected chi connectivity index (χ3v) is 5.80. The summed E-state index contributed by atoms with van der Waals surface area (Å²) in [4.78, 5) is 23.5. The lowest BCUT2D eigenvalue weighted by atomic mass is 10.4. The Hall–Kier alpha value is -2.27. The first-order valence-electron chi connectivity index (χ1n) is 7.29. The number of halogens is 1. The number of anilines is 1. The number of aryl methyl sites for hydroxylation is 2. The molecule has 2 aromatic heterocycles. The molecule has 0 aliphatic carbocycles. The lowest BCUT2D eigenvalue weighted by molar-refractivity contribution is 0.377. The van der Waals surface area contributed by atoms with Crippen molar-refractivity contribution < 1.29 is 12.8 Å². The smallest absolute Gasteiger partial charge is 0.288 e. The van der Waals surface area contributed by atoms with Gasteiger partial charge in [0.1, 0.15) is 0 Å². The van der Waals surface area contributed by atoms with E-state index >= 15 is 0 Å². The van der Waals surface area contributed by atoms with Gasteiger partial charge in [-0.05, 0) is 6.92 Å². The van der Waals surface area contributed by atoms with Crippen LogP contribution in [-0.4, -0.2) is 58.4 Å². The highest BCUT2D eigenvalue weighted by Crippen LogP contribution is 2.17. The highest BCUT2D eigenvalue weighted by atomic mass is 32.2. The van der Waals surface area contributed by atoms with E-state index < -0.39 is 21.4 Å². The summed E-state index contributed by atoms with van der Waals surface area (Å²) in [5.41, 5.74) is -0.822. The van der Waals surface area contributed by atoms with Gasteiger partial charge in [-0.2, -0.15) is 8.70 Å². The van der Waals surface area contributed by atoms with Crippen molar-refractivity contribution in [3.05, 3.63) is 34.3 Å². The third kappa shape index (κ3) is 2.80. The predicted molar refractivity (Wildman–Crippen MR) is 83.7 cm³/mol. The van der Waals surface area contributed by atoms with Crippen molar-refractivity contribution in [3.63, 3.8) is 0 Å². The molecule has 3 rings (SSSR count). The van der Waals surface area contributed by atoms with Gasteiger partial charge in [-0.15, -0.1) is 0 Å². The van der Waals surface area contributed by atoms with Crippen LogP contribution in [0.5, 0.6) is 0 Å². The molecule has 9 nitrogen and oxygen atoms in total. The van der Waals surface area contributed by atoms with Gasteiger partial charge in [0, 0.05) is 45.6 Å². The van der Waals surface area contributed by atoms with Gasteiger partial charge in [-0.3, -0.25) is 9.78 Å². The normalized spacial score (nSPS) is 16.5. The fourth-order valence-corrected chi connectivity index (χ4v) is 4.06. The summed E-state index contributed by atoms with van der Waals surface area (Å²) < 4.78 is 41.3. The third-order valence-electron chi connectivity index (χ3n) is 3.90. The Morgan fingerprint density at radius 3 is 2.46 bits per heavy atom. The molecule has 0 unspecified atom stereocenters. The standard InChI is InChI=1S/C13H17FN6O3S/c1-9-10(14)11(21)17-12(16-9)19-5-7-20(8-6-19)24(22,23)13-15-3-4-18(13)2/h3-4H,5-8H2,1-2H3,(H,16,17,21). The fraction of sp³-hybridized carbons (Fsp3) is 0.462.